The second-order valence-corrected chi connectivity index (χ2v) is 5.24. The summed E-state index contributed by atoms with van der Waals surface area (Å²) < 4.78 is 10.3. The molecule has 0 bridgehead atoms. The van der Waals surface area contributed by atoms with Gasteiger partial charge in [0.2, 0.25) is 6.79 Å². The van der Waals surface area contributed by atoms with E-state index in [-0.39, 0.29) is 13.3 Å². The molecule has 26 heavy (non-hydrogen) atoms. The van der Waals surface area contributed by atoms with E-state index < -0.39 is 17.8 Å². The van der Waals surface area contributed by atoms with Crippen LogP contribution in [0.25, 0.3) is 0 Å². The van der Waals surface area contributed by atoms with Gasteiger partial charge in [0.1, 0.15) is 6.54 Å². The normalized spacial score (nSPS) is 11.4. The Kier molecular flexibility index (Phi) is 5.18. The first-order valence-electron chi connectivity index (χ1n) is 7.70. The average molecular weight is 356 g/mol. The van der Waals surface area contributed by atoms with Gasteiger partial charge in [-0.25, -0.2) is 4.79 Å². The molecular weight excluding hydrogens is 340 g/mol. The van der Waals surface area contributed by atoms with E-state index in [1.807, 2.05) is 6.07 Å². The van der Waals surface area contributed by atoms with Crippen LogP contribution in [0.3, 0.4) is 0 Å². The minimum atomic E-state index is -0.581. The molecule has 4 N–H and O–H groups in total. The first-order valence-corrected chi connectivity index (χ1v) is 7.70. The summed E-state index contributed by atoms with van der Waals surface area (Å²) in [5, 5.41) is 4.95. The van der Waals surface area contributed by atoms with E-state index in [9.17, 15) is 14.4 Å². The predicted octanol–water partition coefficient (Wildman–Crippen LogP) is 0.998. The van der Waals surface area contributed by atoms with Crippen molar-refractivity contribution in [3.8, 4) is 11.5 Å². The standard InChI is InChI=1S/C17H16N4O5/c22-15(9-18-17(24)19-12-4-2-1-3-5-12)20-21-16(23)11-6-7-13-14(8-11)26-10-25-13/h1-8H,9-10H2,(H,20,22)(H,21,23)(H2,18,19,24). The molecule has 0 aromatic heterocycles. The highest BCUT2D eigenvalue weighted by molar-refractivity contribution is 5.97. The number of hydrogen-bond donors (Lipinski definition) is 4. The number of para-hydroxylation sites is 1. The van der Waals surface area contributed by atoms with E-state index in [0.29, 0.717) is 22.7 Å². The first kappa shape index (κ1) is 17.1. The summed E-state index contributed by atoms with van der Waals surface area (Å²) in [6, 6.07) is 12.9. The number of anilines is 1. The summed E-state index contributed by atoms with van der Waals surface area (Å²) in [6.45, 7) is -0.200. The summed E-state index contributed by atoms with van der Waals surface area (Å²) in [7, 11) is 0. The number of amides is 4. The molecule has 1 heterocycles. The van der Waals surface area contributed by atoms with E-state index in [0.717, 1.165) is 0 Å². The van der Waals surface area contributed by atoms with E-state index in [1.54, 1.807) is 36.4 Å². The van der Waals surface area contributed by atoms with Gasteiger partial charge >= 0.3 is 6.03 Å². The van der Waals surface area contributed by atoms with Crippen LogP contribution in [0.15, 0.2) is 48.5 Å². The van der Waals surface area contributed by atoms with Crippen LogP contribution in [-0.4, -0.2) is 31.2 Å². The van der Waals surface area contributed by atoms with Crippen LogP contribution in [0, 0.1) is 0 Å². The molecule has 0 saturated heterocycles. The molecule has 1 aliphatic heterocycles. The SMILES string of the molecule is O=C(CNC(=O)Nc1ccccc1)NNC(=O)c1ccc2c(c1)OCO2. The zero-order valence-electron chi connectivity index (χ0n) is 13.6. The predicted molar refractivity (Wildman–Crippen MR) is 91.6 cm³/mol. The van der Waals surface area contributed by atoms with Crippen LogP contribution in [0.1, 0.15) is 10.4 Å². The number of rotatable bonds is 4. The number of carbonyl (C=O) groups is 3. The van der Waals surface area contributed by atoms with Crippen molar-refractivity contribution in [2.75, 3.05) is 18.7 Å². The molecule has 0 unspecified atom stereocenters. The van der Waals surface area contributed by atoms with Crippen molar-refractivity contribution in [3.05, 3.63) is 54.1 Å². The molecule has 0 radical (unpaired) electrons. The lowest BCUT2D eigenvalue weighted by molar-refractivity contribution is -0.120. The van der Waals surface area contributed by atoms with Gasteiger partial charge in [0.25, 0.3) is 11.8 Å². The Morgan fingerprint density at radius 3 is 2.50 bits per heavy atom. The zero-order chi connectivity index (χ0) is 18.4. The summed E-state index contributed by atoms with van der Waals surface area (Å²) in [6.07, 6.45) is 0. The second kappa shape index (κ2) is 7.88. The summed E-state index contributed by atoms with van der Waals surface area (Å²) in [5.74, 6) is -0.0878. The van der Waals surface area contributed by atoms with Crippen LogP contribution in [0.5, 0.6) is 11.5 Å². The third kappa shape index (κ3) is 4.41. The number of hydrazine groups is 1. The molecule has 9 nitrogen and oxygen atoms in total. The number of ether oxygens (including phenoxy) is 2. The summed E-state index contributed by atoms with van der Waals surface area (Å²) in [5.41, 5.74) is 5.37. The Balaban J connectivity index is 1.41. The highest BCUT2D eigenvalue weighted by atomic mass is 16.7. The maximum absolute atomic E-state index is 12.0. The third-order valence-electron chi connectivity index (χ3n) is 3.39. The number of urea groups is 1. The number of benzene rings is 2. The fourth-order valence-electron chi connectivity index (χ4n) is 2.14. The first-order chi connectivity index (χ1) is 12.6. The largest absolute Gasteiger partial charge is 0.454 e. The van der Waals surface area contributed by atoms with Gasteiger partial charge in [0, 0.05) is 11.3 Å². The molecule has 3 rings (SSSR count). The molecule has 0 spiro atoms. The number of hydrogen-bond acceptors (Lipinski definition) is 5. The van der Waals surface area contributed by atoms with Crippen LogP contribution in [0.4, 0.5) is 10.5 Å². The molecule has 0 fully saturated rings. The zero-order valence-corrected chi connectivity index (χ0v) is 13.6. The molecule has 4 amide bonds. The lowest BCUT2D eigenvalue weighted by Crippen LogP contribution is -2.46. The van der Waals surface area contributed by atoms with Gasteiger partial charge in [-0.1, -0.05) is 18.2 Å². The van der Waals surface area contributed by atoms with Gasteiger partial charge < -0.3 is 20.1 Å². The van der Waals surface area contributed by atoms with E-state index in [4.69, 9.17) is 9.47 Å². The molecule has 0 aliphatic carbocycles. The van der Waals surface area contributed by atoms with Crippen molar-refractivity contribution in [2.24, 2.45) is 0 Å². The number of nitrogens with one attached hydrogen (secondary N) is 4. The average Bonchev–Trinajstić information content (AvgIpc) is 3.13. The maximum Gasteiger partial charge on any atom is 0.319 e. The second-order valence-electron chi connectivity index (χ2n) is 5.24. The van der Waals surface area contributed by atoms with Crippen molar-refractivity contribution in [1.82, 2.24) is 16.2 Å². The van der Waals surface area contributed by atoms with Crippen molar-refractivity contribution in [1.29, 1.82) is 0 Å². The van der Waals surface area contributed by atoms with Crippen LogP contribution in [0.2, 0.25) is 0 Å². The fourth-order valence-corrected chi connectivity index (χ4v) is 2.14. The van der Waals surface area contributed by atoms with Crippen molar-refractivity contribution < 1.29 is 23.9 Å². The molecule has 2 aromatic rings. The molecule has 9 heteroatoms. The van der Waals surface area contributed by atoms with E-state index >= 15 is 0 Å². The Bertz CT molecular complexity index is 825. The lowest BCUT2D eigenvalue weighted by atomic mass is 10.2. The van der Waals surface area contributed by atoms with Gasteiger partial charge in [0.15, 0.2) is 11.5 Å². The molecule has 1 aliphatic rings. The van der Waals surface area contributed by atoms with Crippen molar-refractivity contribution >= 4 is 23.5 Å². The van der Waals surface area contributed by atoms with Crippen molar-refractivity contribution in [3.63, 3.8) is 0 Å². The topological polar surface area (TPSA) is 118 Å². The number of fused-ring (bicyclic) bond motifs is 1. The van der Waals surface area contributed by atoms with Gasteiger partial charge in [0.05, 0.1) is 0 Å². The van der Waals surface area contributed by atoms with Crippen molar-refractivity contribution in [2.45, 2.75) is 0 Å². The molecule has 134 valence electrons. The third-order valence-corrected chi connectivity index (χ3v) is 3.39. The maximum atomic E-state index is 12.0. The molecule has 2 aromatic carbocycles. The highest BCUT2D eigenvalue weighted by Crippen LogP contribution is 2.32. The minimum Gasteiger partial charge on any atom is -0.454 e. The summed E-state index contributed by atoms with van der Waals surface area (Å²) >= 11 is 0. The monoisotopic (exact) mass is 356 g/mol. The highest BCUT2D eigenvalue weighted by Gasteiger charge is 2.16. The van der Waals surface area contributed by atoms with Gasteiger partial charge in [-0.05, 0) is 30.3 Å². The van der Waals surface area contributed by atoms with Gasteiger partial charge in [-0.3, -0.25) is 20.4 Å². The Morgan fingerprint density at radius 2 is 1.69 bits per heavy atom. The van der Waals surface area contributed by atoms with Gasteiger partial charge in [-0.2, -0.15) is 0 Å². The number of carbonyl (C=O) groups excluding carboxylic acids is 3. The quantitative estimate of drug-likeness (QED) is 0.610. The van der Waals surface area contributed by atoms with Gasteiger partial charge in [-0.15, -0.1) is 0 Å². The Hall–Kier alpha value is -3.75. The minimum absolute atomic E-state index is 0.105. The molecule has 0 saturated carbocycles. The summed E-state index contributed by atoms with van der Waals surface area (Å²) in [4.78, 5) is 35.4. The van der Waals surface area contributed by atoms with E-state index in [2.05, 4.69) is 21.5 Å². The Morgan fingerprint density at radius 1 is 0.923 bits per heavy atom. The van der Waals surface area contributed by atoms with Crippen LogP contribution >= 0.6 is 0 Å². The fraction of sp³-hybridized carbons (Fsp3) is 0.118. The smallest absolute Gasteiger partial charge is 0.319 e. The molecular formula is C17H16N4O5. The van der Waals surface area contributed by atoms with Crippen LogP contribution in [-0.2, 0) is 4.79 Å². The Labute approximate surface area is 148 Å². The van der Waals surface area contributed by atoms with Crippen LogP contribution < -0.4 is 31.0 Å². The van der Waals surface area contributed by atoms with E-state index in [1.165, 1.54) is 6.07 Å². The molecule has 0 atom stereocenters. The lowest BCUT2D eigenvalue weighted by Gasteiger charge is -2.09.